The summed E-state index contributed by atoms with van der Waals surface area (Å²) in [6, 6.07) is 14.2. The molecule has 0 amide bonds. The first-order valence-electron chi connectivity index (χ1n) is 5.36. The lowest BCUT2D eigenvalue weighted by atomic mass is 10.0. The average Bonchev–Trinajstić information content (AvgIpc) is 2.35. The van der Waals surface area contributed by atoms with Gasteiger partial charge in [-0.25, -0.2) is 0 Å². The molecule has 1 radical (unpaired) electrons. The first-order chi connectivity index (χ1) is 7.83. The fourth-order valence-corrected chi connectivity index (χ4v) is 1.82. The molecule has 0 saturated heterocycles. The molecule has 2 aromatic rings. The zero-order valence-corrected chi connectivity index (χ0v) is 9.10. The minimum Gasteiger partial charge on any atom is -0.394 e. The van der Waals surface area contributed by atoms with Crippen LogP contribution in [-0.2, 0) is 4.74 Å². The number of fused-ring (bicyclic) bond motifs is 1. The van der Waals surface area contributed by atoms with Crippen LogP contribution in [-0.4, -0.2) is 18.3 Å². The van der Waals surface area contributed by atoms with Gasteiger partial charge in [0.1, 0.15) is 0 Å². The van der Waals surface area contributed by atoms with E-state index in [-0.39, 0.29) is 12.7 Å². The van der Waals surface area contributed by atoms with E-state index in [0.717, 1.165) is 10.9 Å². The third-order valence-corrected chi connectivity index (χ3v) is 2.58. The van der Waals surface area contributed by atoms with Gasteiger partial charge in [0.05, 0.1) is 19.3 Å². The van der Waals surface area contributed by atoms with Crippen molar-refractivity contribution in [3.63, 3.8) is 0 Å². The van der Waals surface area contributed by atoms with Gasteiger partial charge in [-0.15, -0.1) is 0 Å². The first-order valence-corrected chi connectivity index (χ1v) is 5.36. The molecular weight excluding hydrogens is 200 g/mol. The van der Waals surface area contributed by atoms with Gasteiger partial charge in [0.15, 0.2) is 0 Å². The Balaban J connectivity index is 2.36. The fraction of sp³-hybridized carbons (Fsp3) is 0.214. The molecule has 2 heteroatoms. The van der Waals surface area contributed by atoms with Crippen molar-refractivity contribution in [1.29, 1.82) is 0 Å². The largest absolute Gasteiger partial charge is 0.394 e. The van der Waals surface area contributed by atoms with E-state index in [1.165, 1.54) is 5.39 Å². The Morgan fingerprint density at radius 3 is 2.69 bits per heavy atom. The maximum absolute atomic E-state index is 8.72. The number of rotatable bonds is 4. The Labute approximate surface area is 95.5 Å². The van der Waals surface area contributed by atoms with Crippen LogP contribution in [0, 0.1) is 6.92 Å². The van der Waals surface area contributed by atoms with Gasteiger partial charge in [0.2, 0.25) is 0 Å². The lowest BCUT2D eigenvalue weighted by molar-refractivity contribution is 0.0534. The molecule has 0 heterocycles. The van der Waals surface area contributed by atoms with E-state index < -0.39 is 0 Å². The highest BCUT2D eigenvalue weighted by Crippen LogP contribution is 2.25. The smallest absolute Gasteiger partial charge is 0.0833 e. The lowest BCUT2D eigenvalue weighted by Gasteiger charge is -2.14. The summed E-state index contributed by atoms with van der Waals surface area (Å²) in [4.78, 5) is 0. The topological polar surface area (TPSA) is 29.5 Å². The van der Waals surface area contributed by atoms with E-state index in [1.54, 1.807) is 0 Å². The molecule has 0 aromatic heterocycles. The summed E-state index contributed by atoms with van der Waals surface area (Å²) in [7, 11) is 0. The molecule has 83 valence electrons. The molecule has 0 spiro atoms. The molecule has 0 aliphatic carbocycles. The van der Waals surface area contributed by atoms with Crippen molar-refractivity contribution in [3.8, 4) is 0 Å². The summed E-state index contributed by atoms with van der Waals surface area (Å²) in [5, 5.41) is 11.1. The second-order valence-electron chi connectivity index (χ2n) is 3.65. The molecule has 1 unspecified atom stereocenters. The molecule has 2 aromatic carbocycles. The van der Waals surface area contributed by atoms with E-state index in [9.17, 15) is 0 Å². The van der Waals surface area contributed by atoms with Gasteiger partial charge in [0.25, 0.3) is 0 Å². The highest BCUT2D eigenvalue weighted by atomic mass is 16.5. The van der Waals surface area contributed by atoms with Gasteiger partial charge >= 0.3 is 0 Å². The van der Waals surface area contributed by atoms with Crippen molar-refractivity contribution in [2.75, 3.05) is 13.2 Å². The number of aliphatic hydroxyl groups excluding tert-OH is 1. The van der Waals surface area contributed by atoms with E-state index in [0.29, 0.717) is 6.61 Å². The summed E-state index contributed by atoms with van der Waals surface area (Å²) in [6.07, 6.45) is -0.238. The number of ether oxygens (including phenoxy) is 1. The molecule has 0 aliphatic heterocycles. The predicted molar refractivity (Wildman–Crippen MR) is 65.1 cm³/mol. The predicted octanol–water partition coefficient (Wildman–Crippen LogP) is 2.72. The summed E-state index contributed by atoms with van der Waals surface area (Å²) >= 11 is 0. The molecule has 0 aliphatic rings. The third kappa shape index (κ3) is 2.23. The Hall–Kier alpha value is -1.38. The Bertz CT molecular complexity index is 460. The van der Waals surface area contributed by atoms with E-state index in [2.05, 4.69) is 25.1 Å². The van der Waals surface area contributed by atoms with Crippen molar-refractivity contribution < 1.29 is 9.84 Å². The van der Waals surface area contributed by atoms with Crippen LogP contribution >= 0.6 is 0 Å². The van der Waals surface area contributed by atoms with Gasteiger partial charge in [-0.05, 0) is 23.3 Å². The molecule has 2 nitrogen and oxygen atoms in total. The van der Waals surface area contributed by atoms with Crippen molar-refractivity contribution in [3.05, 3.63) is 55.0 Å². The van der Waals surface area contributed by atoms with Gasteiger partial charge in [-0.1, -0.05) is 42.5 Å². The Morgan fingerprint density at radius 1 is 1.12 bits per heavy atom. The number of hydrogen-bond donors (Lipinski definition) is 1. The van der Waals surface area contributed by atoms with Crippen LogP contribution in [0.2, 0.25) is 0 Å². The summed E-state index contributed by atoms with van der Waals surface area (Å²) in [5.74, 6) is 0. The van der Waals surface area contributed by atoms with E-state index in [4.69, 9.17) is 9.84 Å². The maximum atomic E-state index is 8.72. The van der Waals surface area contributed by atoms with Crippen LogP contribution in [0.4, 0.5) is 0 Å². The molecule has 0 bridgehead atoms. The highest BCUT2D eigenvalue weighted by Gasteiger charge is 2.08. The van der Waals surface area contributed by atoms with Gasteiger partial charge in [-0.2, -0.15) is 0 Å². The highest BCUT2D eigenvalue weighted by molar-refractivity contribution is 5.86. The van der Waals surface area contributed by atoms with Gasteiger partial charge in [-0.3, -0.25) is 0 Å². The van der Waals surface area contributed by atoms with Crippen molar-refractivity contribution in [1.82, 2.24) is 0 Å². The van der Waals surface area contributed by atoms with E-state index >= 15 is 0 Å². The fourth-order valence-electron chi connectivity index (χ4n) is 1.82. The van der Waals surface area contributed by atoms with Crippen molar-refractivity contribution in [2.45, 2.75) is 6.10 Å². The molecule has 0 fully saturated rings. The molecule has 1 N–H and O–H groups in total. The molecule has 16 heavy (non-hydrogen) atoms. The Morgan fingerprint density at radius 2 is 1.88 bits per heavy atom. The van der Waals surface area contributed by atoms with Crippen LogP contribution in [0.25, 0.3) is 10.8 Å². The third-order valence-electron chi connectivity index (χ3n) is 2.58. The zero-order valence-electron chi connectivity index (χ0n) is 9.10. The van der Waals surface area contributed by atoms with Crippen LogP contribution in [0.15, 0.2) is 42.5 Å². The standard InChI is InChI=1S/C14H15O2/c1-11(16-10-9-15)13-8-4-6-12-5-2-3-7-14(12)13/h2-8,11,15H,1,9-10H2. The SMILES string of the molecule is [CH2]C(OCCO)c1cccc2ccccc12. The monoisotopic (exact) mass is 215 g/mol. The van der Waals surface area contributed by atoms with Gasteiger partial charge in [0, 0.05) is 0 Å². The van der Waals surface area contributed by atoms with E-state index in [1.807, 2.05) is 24.3 Å². The summed E-state index contributed by atoms with van der Waals surface area (Å²) in [6.45, 7) is 4.30. The maximum Gasteiger partial charge on any atom is 0.0833 e. The number of aliphatic hydroxyl groups is 1. The summed E-state index contributed by atoms with van der Waals surface area (Å²) in [5.41, 5.74) is 1.06. The van der Waals surface area contributed by atoms with Gasteiger partial charge < -0.3 is 9.84 Å². The normalized spacial score (nSPS) is 12.9. The molecular formula is C14H15O2. The van der Waals surface area contributed by atoms with Crippen LogP contribution in [0.3, 0.4) is 0 Å². The first kappa shape index (κ1) is 11.1. The zero-order chi connectivity index (χ0) is 11.4. The Kier molecular flexibility index (Phi) is 3.54. The minimum absolute atomic E-state index is 0.0246. The second kappa shape index (κ2) is 5.10. The number of benzene rings is 2. The second-order valence-corrected chi connectivity index (χ2v) is 3.65. The van der Waals surface area contributed by atoms with Crippen LogP contribution in [0.5, 0.6) is 0 Å². The molecule has 0 saturated carbocycles. The van der Waals surface area contributed by atoms with Crippen molar-refractivity contribution in [2.24, 2.45) is 0 Å². The lowest BCUT2D eigenvalue weighted by Crippen LogP contribution is -2.05. The number of hydrogen-bond acceptors (Lipinski definition) is 2. The molecule has 2 rings (SSSR count). The van der Waals surface area contributed by atoms with Crippen LogP contribution in [0.1, 0.15) is 11.7 Å². The van der Waals surface area contributed by atoms with Crippen LogP contribution < -0.4 is 0 Å². The minimum atomic E-state index is -0.238. The average molecular weight is 215 g/mol. The quantitative estimate of drug-likeness (QED) is 0.849. The molecule has 1 atom stereocenters. The van der Waals surface area contributed by atoms with Crippen molar-refractivity contribution >= 4 is 10.8 Å². The summed E-state index contributed by atoms with van der Waals surface area (Å²) < 4.78 is 5.42.